The maximum atomic E-state index is 12.7. The SMILES string of the molecule is COc1cc(OC)cc(N2CCC(CNC(=O)C(C)(N)c3ccccc3)C2)c1.Cl.Cl. The van der Waals surface area contributed by atoms with Gasteiger partial charge in [-0.25, -0.2) is 0 Å². The van der Waals surface area contributed by atoms with Gasteiger partial charge in [-0.05, 0) is 24.8 Å². The van der Waals surface area contributed by atoms with E-state index in [-0.39, 0.29) is 30.7 Å². The van der Waals surface area contributed by atoms with E-state index in [9.17, 15) is 4.79 Å². The van der Waals surface area contributed by atoms with Crippen molar-refractivity contribution in [1.82, 2.24) is 5.32 Å². The molecular formula is C22H31Cl2N3O3. The summed E-state index contributed by atoms with van der Waals surface area (Å²) in [7, 11) is 3.30. The number of rotatable bonds is 7. The van der Waals surface area contributed by atoms with E-state index in [0.717, 1.165) is 42.3 Å². The lowest BCUT2D eigenvalue weighted by atomic mass is 9.92. The van der Waals surface area contributed by atoms with Crippen molar-refractivity contribution < 1.29 is 14.3 Å². The minimum atomic E-state index is -1.04. The molecule has 1 aliphatic heterocycles. The Hall–Kier alpha value is -2.15. The second-order valence-electron chi connectivity index (χ2n) is 7.45. The molecule has 2 aromatic carbocycles. The minimum absolute atomic E-state index is 0. The zero-order chi connectivity index (χ0) is 20.1. The van der Waals surface area contributed by atoms with Crippen molar-refractivity contribution in [2.24, 2.45) is 11.7 Å². The molecule has 0 saturated carbocycles. The molecule has 2 aromatic rings. The molecule has 0 aromatic heterocycles. The molecule has 1 amide bonds. The predicted molar refractivity (Wildman–Crippen MR) is 125 cm³/mol. The van der Waals surface area contributed by atoms with E-state index in [0.29, 0.717) is 12.5 Å². The topological polar surface area (TPSA) is 76.8 Å². The highest BCUT2D eigenvalue weighted by Gasteiger charge is 2.31. The molecular weight excluding hydrogens is 425 g/mol. The van der Waals surface area contributed by atoms with Gasteiger partial charge in [-0.15, -0.1) is 24.8 Å². The molecule has 2 unspecified atom stereocenters. The molecule has 166 valence electrons. The molecule has 3 rings (SSSR count). The Morgan fingerprint density at radius 3 is 2.30 bits per heavy atom. The number of carbonyl (C=O) groups excluding carboxylic acids is 1. The van der Waals surface area contributed by atoms with Gasteiger partial charge in [0, 0.05) is 43.5 Å². The molecule has 0 radical (unpaired) electrons. The first kappa shape index (κ1) is 25.9. The van der Waals surface area contributed by atoms with Gasteiger partial charge < -0.3 is 25.4 Å². The first-order chi connectivity index (χ1) is 13.4. The second kappa shape index (κ2) is 11.3. The van der Waals surface area contributed by atoms with E-state index in [1.807, 2.05) is 48.5 Å². The van der Waals surface area contributed by atoms with Crippen LogP contribution in [-0.2, 0) is 10.3 Å². The summed E-state index contributed by atoms with van der Waals surface area (Å²) in [6.07, 6.45) is 1.01. The molecule has 3 N–H and O–H groups in total. The second-order valence-corrected chi connectivity index (χ2v) is 7.45. The number of methoxy groups -OCH3 is 2. The molecule has 0 bridgehead atoms. The monoisotopic (exact) mass is 455 g/mol. The maximum absolute atomic E-state index is 12.7. The molecule has 1 aliphatic rings. The van der Waals surface area contributed by atoms with Gasteiger partial charge in [0.1, 0.15) is 17.0 Å². The number of hydrogen-bond acceptors (Lipinski definition) is 5. The molecule has 1 heterocycles. The van der Waals surface area contributed by atoms with Gasteiger partial charge in [-0.1, -0.05) is 30.3 Å². The highest BCUT2D eigenvalue weighted by atomic mass is 35.5. The van der Waals surface area contributed by atoms with E-state index < -0.39 is 5.54 Å². The van der Waals surface area contributed by atoms with Gasteiger partial charge in [-0.2, -0.15) is 0 Å². The fraction of sp³-hybridized carbons (Fsp3) is 0.409. The van der Waals surface area contributed by atoms with Crippen molar-refractivity contribution in [1.29, 1.82) is 0 Å². The zero-order valence-electron chi connectivity index (χ0n) is 17.6. The van der Waals surface area contributed by atoms with Crippen molar-refractivity contribution in [2.75, 3.05) is 38.8 Å². The molecule has 30 heavy (non-hydrogen) atoms. The number of anilines is 1. The lowest BCUT2D eigenvalue weighted by molar-refractivity contribution is -0.126. The summed E-state index contributed by atoms with van der Waals surface area (Å²) in [6, 6.07) is 15.4. The van der Waals surface area contributed by atoms with Crippen LogP contribution >= 0.6 is 24.8 Å². The highest BCUT2D eigenvalue weighted by molar-refractivity contribution is 5.87. The van der Waals surface area contributed by atoms with Crippen LogP contribution in [0.2, 0.25) is 0 Å². The smallest absolute Gasteiger partial charge is 0.244 e. The van der Waals surface area contributed by atoms with E-state index in [1.165, 1.54) is 0 Å². The highest BCUT2D eigenvalue weighted by Crippen LogP contribution is 2.31. The number of hydrogen-bond donors (Lipinski definition) is 2. The van der Waals surface area contributed by atoms with Gasteiger partial charge in [0.15, 0.2) is 0 Å². The third-order valence-electron chi connectivity index (χ3n) is 5.38. The molecule has 2 atom stereocenters. The number of amides is 1. The van der Waals surface area contributed by atoms with Crippen LogP contribution in [0.4, 0.5) is 5.69 Å². The summed E-state index contributed by atoms with van der Waals surface area (Å²) in [5.41, 5.74) is 7.13. The Balaban J connectivity index is 0.00000225. The molecule has 0 aliphatic carbocycles. The quantitative estimate of drug-likeness (QED) is 0.668. The molecule has 8 heteroatoms. The standard InChI is InChI=1S/C22H29N3O3.2ClH/c1-22(23,17-7-5-4-6-8-17)21(26)24-14-16-9-10-25(15-16)18-11-19(27-2)13-20(12-18)28-3;;/h4-8,11-13,16H,9-10,14-15,23H2,1-3H3,(H,24,26);2*1H. The van der Waals surface area contributed by atoms with Crippen molar-refractivity contribution in [2.45, 2.75) is 18.9 Å². The lowest BCUT2D eigenvalue weighted by Gasteiger charge is -2.25. The van der Waals surface area contributed by atoms with Crippen LogP contribution in [0.25, 0.3) is 0 Å². The number of ether oxygens (including phenoxy) is 2. The van der Waals surface area contributed by atoms with Crippen LogP contribution in [0.3, 0.4) is 0 Å². The predicted octanol–water partition coefficient (Wildman–Crippen LogP) is 3.36. The molecule has 1 saturated heterocycles. The van der Waals surface area contributed by atoms with Crippen LogP contribution in [-0.4, -0.2) is 39.8 Å². The van der Waals surface area contributed by atoms with Crippen molar-refractivity contribution in [3.63, 3.8) is 0 Å². The van der Waals surface area contributed by atoms with Crippen LogP contribution in [0.15, 0.2) is 48.5 Å². The number of nitrogens with zero attached hydrogens (tertiary/aromatic N) is 1. The van der Waals surface area contributed by atoms with Gasteiger partial charge in [0.2, 0.25) is 5.91 Å². The zero-order valence-corrected chi connectivity index (χ0v) is 19.2. The third-order valence-corrected chi connectivity index (χ3v) is 5.38. The first-order valence-corrected chi connectivity index (χ1v) is 9.54. The van der Waals surface area contributed by atoms with Gasteiger partial charge >= 0.3 is 0 Å². The minimum Gasteiger partial charge on any atom is -0.497 e. The lowest BCUT2D eigenvalue weighted by Crippen LogP contribution is -2.50. The maximum Gasteiger partial charge on any atom is 0.244 e. The van der Waals surface area contributed by atoms with Crippen LogP contribution < -0.4 is 25.4 Å². The first-order valence-electron chi connectivity index (χ1n) is 9.54. The Bertz CT molecular complexity index is 796. The van der Waals surface area contributed by atoms with Crippen LogP contribution in [0, 0.1) is 5.92 Å². The van der Waals surface area contributed by atoms with E-state index in [1.54, 1.807) is 21.1 Å². The van der Waals surface area contributed by atoms with Crippen LogP contribution in [0.5, 0.6) is 11.5 Å². The average Bonchev–Trinajstić information content (AvgIpc) is 3.21. The Morgan fingerprint density at radius 2 is 1.73 bits per heavy atom. The summed E-state index contributed by atoms with van der Waals surface area (Å²) >= 11 is 0. The van der Waals surface area contributed by atoms with Crippen LogP contribution in [0.1, 0.15) is 18.9 Å². The summed E-state index contributed by atoms with van der Waals surface area (Å²) in [4.78, 5) is 15.0. The number of benzene rings is 2. The van der Waals surface area contributed by atoms with Crippen molar-refractivity contribution in [3.05, 3.63) is 54.1 Å². The summed E-state index contributed by atoms with van der Waals surface area (Å²) in [5.74, 6) is 1.76. The normalized spacial score (nSPS) is 17.2. The molecule has 1 fully saturated rings. The molecule has 6 nitrogen and oxygen atoms in total. The number of carbonyl (C=O) groups is 1. The largest absolute Gasteiger partial charge is 0.497 e. The van der Waals surface area contributed by atoms with E-state index in [2.05, 4.69) is 10.2 Å². The summed E-state index contributed by atoms with van der Waals surface area (Å²) in [6.45, 7) is 4.15. The Kier molecular flexibility index (Phi) is 9.75. The number of nitrogens with one attached hydrogen (secondary N) is 1. The van der Waals surface area contributed by atoms with Crippen molar-refractivity contribution >= 4 is 36.4 Å². The van der Waals surface area contributed by atoms with Crippen molar-refractivity contribution in [3.8, 4) is 11.5 Å². The van der Waals surface area contributed by atoms with Gasteiger partial charge in [0.25, 0.3) is 0 Å². The molecule has 0 spiro atoms. The third kappa shape index (κ3) is 5.94. The fourth-order valence-electron chi connectivity index (χ4n) is 3.54. The van der Waals surface area contributed by atoms with E-state index in [4.69, 9.17) is 15.2 Å². The number of nitrogens with two attached hydrogens (primary N) is 1. The van der Waals surface area contributed by atoms with E-state index >= 15 is 0 Å². The van der Waals surface area contributed by atoms with Gasteiger partial charge in [-0.3, -0.25) is 4.79 Å². The summed E-state index contributed by atoms with van der Waals surface area (Å²) in [5, 5.41) is 3.04. The van der Waals surface area contributed by atoms with Gasteiger partial charge in [0.05, 0.1) is 14.2 Å². The fourth-order valence-corrected chi connectivity index (χ4v) is 3.54. The average molecular weight is 456 g/mol. The number of halogens is 2. The summed E-state index contributed by atoms with van der Waals surface area (Å²) < 4.78 is 10.7. The Morgan fingerprint density at radius 1 is 1.13 bits per heavy atom. The Labute approximate surface area is 190 Å².